The Morgan fingerprint density at radius 2 is 1.68 bits per heavy atom. The van der Waals surface area contributed by atoms with Crippen molar-refractivity contribution in [3.05, 3.63) is 100.0 Å². The van der Waals surface area contributed by atoms with E-state index in [9.17, 15) is 9.59 Å². The fourth-order valence-corrected chi connectivity index (χ4v) is 3.86. The number of nitrogens with zero attached hydrogens (tertiary/aromatic N) is 4. The molecule has 2 aromatic heterocycles. The fourth-order valence-electron chi connectivity index (χ4n) is 3.86. The number of carbonyl (C=O) groups excluding carboxylic acids is 1. The Bertz CT molecular complexity index is 1510. The van der Waals surface area contributed by atoms with E-state index in [-0.39, 0.29) is 18.0 Å². The van der Waals surface area contributed by atoms with Gasteiger partial charge < -0.3 is 0 Å². The highest BCUT2D eigenvalue weighted by atomic mass is 16.2. The van der Waals surface area contributed by atoms with E-state index in [4.69, 9.17) is 0 Å². The van der Waals surface area contributed by atoms with Crippen LogP contribution in [0, 0.1) is 13.8 Å². The summed E-state index contributed by atoms with van der Waals surface area (Å²) in [5.41, 5.74) is 4.10. The predicted octanol–water partition coefficient (Wildman–Crippen LogP) is 4.21. The van der Waals surface area contributed by atoms with Crippen LogP contribution in [-0.2, 0) is 6.54 Å². The van der Waals surface area contributed by atoms with Gasteiger partial charge in [0.15, 0.2) is 17.3 Å². The van der Waals surface area contributed by atoms with Crippen molar-refractivity contribution in [2.45, 2.75) is 20.4 Å². The monoisotopic (exact) mass is 408 g/mol. The third-order valence-electron chi connectivity index (χ3n) is 5.48. The van der Waals surface area contributed by atoms with Crippen molar-refractivity contribution in [1.29, 1.82) is 0 Å². The summed E-state index contributed by atoms with van der Waals surface area (Å²) in [6, 6.07) is 22.8. The molecule has 0 saturated heterocycles. The molecule has 0 aliphatic heterocycles. The van der Waals surface area contributed by atoms with Crippen LogP contribution in [0.15, 0.2) is 77.6 Å². The number of hydrogen-bond donors (Lipinski definition) is 0. The van der Waals surface area contributed by atoms with Gasteiger partial charge in [-0.25, -0.2) is 9.78 Å². The lowest BCUT2D eigenvalue weighted by Crippen LogP contribution is -2.30. The van der Waals surface area contributed by atoms with Crippen LogP contribution in [0.1, 0.15) is 21.5 Å². The van der Waals surface area contributed by atoms with Gasteiger partial charge in [0.2, 0.25) is 0 Å². The average molecular weight is 408 g/mol. The van der Waals surface area contributed by atoms with Gasteiger partial charge in [-0.05, 0) is 37.6 Å². The summed E-state index contributed by atoms with van der Waals surface area (Å²) in [7, 11) is 0. The molecule has 2 heterocycles. The van der Waals surface area contributed by atoms with Crippen molar-refractivity contribution >= 4 is 22.3 Å². The molecule has 0 N–H and O–H groups in total. The molecule has 6 nitrogen and oxygen atoms in total. The van der Waals surface area contributed by atoms with Crippen LogP contribution < -0.4 is 5.69 Å². The fraction of sp³-hybridized carbons (Fsp3) is 0.120. The third kappa shape index (κ3) is 3.22. The number of fused-ring (bicyclic) bond motifs is 3. The Morgan fingerprint density at radius 1 is 0.935 bits per heavy atom. The maximum absolute atomic E-state index is 13.4. The molecular formula is C25H20N4O2. The molecule has 0 aliphatic rings. The largest absolute Gasteiger partial charge is 0.351 e. The van der Waals surface area contributed by atoms with Gasteiger partial charge >= 0.3 is 5.69 Å². The van der Waals surface area contributed by atoms with E-state index in [1.807, 2.05) is 86.6 Å². The van der Waals surface area contributed by atoms with Crippen LogP contribution in [0.2, 0.25) is 0 Å². The molecule has 152 valence electrons. The SMILES string of the molecule is Cc1ccc(C)c(C(=O)Cn2c(=O)n3nc(-c4ccccc4)nc3c3ccccc32)c1. The van der Waals surface area contributed by atoms with Crippen LogP contribution >= 0.6 is 0 Å². The summed E-state index contributed by atoms with van der Waals surface area (Å²) in [6.07, 6.45) is 0. The molecule has 5 rings (SSSR count). The first-order valence-electron chi connectivity index (χ1n) is 10.1. The molecule has 5 aromatic rings. The number of aryl methyl sites for hydroxylation is 2. The molecule has 0 radical (unpaired) electrons. The minimum absolute atomic E-state index is 0.0693. The van der Waals surface area contributed by atoms with Crippen LogP contribution in [0.4, 0.5) is 0 Å². The van der Waals surface area contributed by atoms with Crippen molar-refractivity contribution in [3.63, 3.8) is 0 Å². The van der Waals surface area contributed by atoms with Crippen LogP contribution in [-0.4, -0.2) is 24.9 Å². The highest BCUT2D eigenvalue weighted by Gasteiger charge is 2.18. The Balaban J connectivity index is 1.71. The molecular weight excluding hydrogens is 388 g/mol. The number of carbonyl (C=O) groups is 1. The second-order valence-electron chi connectivity index (χ2n) is 7.66. The lowest BCUT2D eigenvalue weighted by atomic mass is 10.0. The average Bonchev–Trinajstić information content (AvgIpc) is 3.25. The van der Waals surface area contributed by atoms with Crippen molar-refractivity contribution in [3.8, 4) is 11.4 Å². The van der Waals surface area contributed by atoms with Crippen LogP contribution in [0.3, 0.4) is 0 Å². The maximum Gasteiger partial charge on any atom is 0.351 e. The topological polar surface area (TPSA) is 69.3 Å². The number of rotatable bonds is 4. The summed E-state index contributed by atoms with van der Waals surface area (Å²) < 4.78 is 2.77. The number of ketones is 1. The van der Waals surface area contributed by atoms with Gasteiger partial charge in [0.1, 0.15) is 0 Å². The molecule has 0 bridgehead atoms. The zero-order valence-corrected chi connectivity index (χ0v) is 17.2. The molecule has 31 heavy (non-hydrogen) atoms. The van der Waals surface area contributed by atoms with E-state index in [0.29, 0.717) is 22.6 Å². The van der Waals surface area contributed by atoms with Crippen molar-refractivity contribution in [2.75, 3.05) is 0 Å². The summed E-state index contributed by atoms with van der Waals surface area (Å²) in [6.45, 7) is 3.78. The second-order valence-corrected chi connectivity index (χ2v) is 7.66. The van der Waals surface area contributed by atoms with Gasteiger partial charge in [0, 0.05) is 16.5 Å². The first-order valence-corrected chi connectivity index (χ1v) is 10.1. The number of benzene rings is 3. The molecule has 0 saturated carbocycles. The predicted molar refractivity (Wildman–Crippen MR) is 120 cm³/mol. The zero-order valence-electron chi connectivity index (χ0n) is 17.2. The molecule has 0 aliphatic carbocycles. The third-order valence-corrected chi connectivity index (χ3v) is 5.48. The maximum atomic E-state index is 13.4. The quantitative estimate of drug-likeness (QED) is 0.418. The van der Waals surface area contributed by atoms with E-state index in [2.05, 4.69) is 10.1 Å². The number of Topliss-reactive ketones (excluding diaryl/α,β-unsaturated/α-hetero) is 1. The van der Waals surface area contributed by atoms with Gasteiger partial charge in [0.25, 0.3) is 0 Å². The molecule has 0 atom stereocenters. The highest BCUT2D eigenvalue weighted by Crippen LogP contribution is 2.21. The van der Waals surface area contributed by atoms with Gasteiger partial charge in [-0.1, -0.05) is 60.2 Å². The Labute approximate surface area is 178 Å². The van der Waals surface area contributed by atoms with Crippen molar-refractivity contribution in [2.24, 2.45) is 0 Å². The van der Waals surface area contributed by atoms with Gasteiger partial charge in [-0.15, -0.1) is 5.10 Å². The summed E-state index contributed by atoms with van der Waals surface area (Å²) >= 11 is 0. The Morgan fingerprint density at radius 3 is 2.48 bits per heavy atom. The lowest BCUT2D eigenvalue weighted by Gasteiger charge is -2.12. The smallest absolute Gasteiger partial charge is 0.292 e. The lowest BCUT2D eigenvalue weighted by molar-refractivity contribution is 0.0971. The van der Waals surface area contributed by atoms with E-state index in [0.717, 1.165) is 22.1 Å². The van der Waals surface area contributed by atoms with Crippen LogP contribution in [0.25, 0.3) is 27.9 Å². The number of para-hydroxylation sites is 1. The normalized spacial score (nSPS) is 11.3. The molecule has 0 spiro atoms. The summed E-state index contributed by atoms with van der Waals surface area (Å²) in [5.74, 6) is 0.359. The first-order chi connectivity index (χ1) is 15.0. The first kappa shape index (κ1) is 18.9. The molecule has 0 unspecified atom stereocenters. The molecule has 3 aromatic carbocycles. The molecule has 0 fully saturated rings. The molecule has 6 heteroatoms. The van der Waals surface area contributed by atoms with Gasteiger partial charge in [0.05, 0.1) is 12.1 Å². The van der Waals surface area contributed by atoms with Gasteiger partial charge in [-0.2, -0.15) is 4.52 Å². The number of aromatic nitrogens is 4. The molecule has 0 amide bonds. The minimum atomic E-state index is -0.387. The van der Waals surface area contributed by atoms with E-state index in [1.165, 1.54) is 9.08 Å². The Kier molecular flexibility index (Phi) is 4.47. The van der Waals surface area contributed by atoms with Crippen LogP contribution in [0.5, 0.6) is 0 Å². The summed E-state index contributed by atoms with van der Waals surface area (Å²) in [5, 5.41) is 5.23. The standard InChI is InChI=1S/C25H20N4O2/c1-16-12-13-17(2)20(14-16)22(30)15-28-21-11-7-6-10-19(21)24-26-23(27-29(24)25(28)31)18-8-4-3-5-9-18/h3-14H,15H2,1-2H3. The number of hydrogen-bond acceptors (Lipinski definition) is 4. The van der Waals surface area contributed by atoms with Crippen molar-refractivity contribution in [1.82, 2.24) is 19.2 Å². The van der Waals surface area contributed by atoms with E-state index in [1.54, 1.807) is 0 Å². The van der Waals surface area contributed by atoms with Crippen molar-refractivity contribution < 1.29 is 4.79 Å². The Hall–Kier alpha value is -4.06. The van der Waals surface area contributed by atoms with E-state index < -0.39 is 0 Å². The highest BCUT2D eigenvalue weighted by molar-refractivity contribution is 5.99. The summed E-state index contributed by atoms with van der Waals surface area (Å²) in [4.78, 5) is 31.1. The minimum Gasteiger partial charge on any atom is -0.292 e. The zero-order chi connectivity index (χ0) is 21.5. The van der Waals surface area contributed by atoms with Gasteiger partial charge in [-0.3, -0.25) is 9.36 Å². The second kappa shape index (κ2) is 7.32. The van der Waals surface area contributed by atoms with E-state index >= 15 is 0 Å².